The molecule has 172 valence electrons. The topological polar surface area (TPSA) is 51.2 Å². The summed E-state index contributed by atoms with van der Waals surface area (Å²) in [6.07, 6.45) is 5.16. The molecule has 0 aliphatic carbocycles. The lowest BCUT2D eigenvalue weighted by Gasteiger charge is -2.23. The Kier molecular flexibility index (Phi) is 8.68. The standard InChI is InChI=1S/C25H31ClN2O4/c1-4-16-32-25-22(26)17-19(18-23(25)31-3)6-11-24(29)28-13-5-12-27(14-15-28)20-7-9-21(30-2)10-8-20/h6-11,17-18H,4-5,12-16H2,1-3H3/b11-6+. The molecule has 2 aromatic rings. The van der Waals surface area contributed by atoms with Gasteiger partial charge in [0.05, 0.1) is 25.8 Å². The second kappa shape index (κ2) is 11.7. The van der Waals surface area contributed by atoms with Gasteiger partial charge in [0.2, 0.25) is 5.91 Å². The molecule has 2 aromatic carbocycles. The molecule has 0 aromatic heterocycles. The van der Waals surface area contributed by atoms with Crippen LogP contribution in [0.5, 0.6) is 17.2 Å². The second-order valence-electron chi connectivity index (χ2n) is 7.58. The molecule has 0 saturated carbocycles. The van der Waals surface area contributed by atoms with E-state index in [1.807, 2.05) is 30.0 Å². The van der Waals surface area contributed by atoms with Crippen LogP contribution in [-0.2, 0) is 4.79 Å². The fourth-order valence-corrected chi connectivity index (χ4v) is 3.92. The van der Waals surface area contributed by atoms with Crippen LogP contribution < -0.4 is 19.1 Å². The van der Waals surface area contributed by atoms with E-state index in [0.29, 0.717) is 29.7 Å². The highest BCUT2D eigenvalue weighted by atomic mass is 35.5. The van der Waals surface area contributed by atoms with E-state index in [9.17, 15) is 4.79 Å². The largest absolute Gasteiger partial charge is 0.497 e. The van der Waals surface area contributed by atoms with Gasteiger partial charge in [-0.3, -0.25) is 4.79 Å². The zero-order chi connectivity index (χ0) is 22.9. The summed E-state index contributed by atoms with van der Waals surface area (Å²) >= 11 is 6.38. The number of rotatable bonds is 8. The van der Waals surface area contributed by atoms with Crippen LogP contribution in [0, 0.1) is 0 Å². The third-order valence-electron chi connectivity index (χ3n) is 5.37. The van der Waals surface area contributed by atoms with Crippen LogP contribution in [0.4, 0.5) is 5.69 Å². The monoisotopic (exact) mass is 458 g/mol. The first-order chi connectivity index (χ1) is 15.5. The van der Waals surface area contributed by atoms with Crippen molar-refractivity contribution in [1.29, 1.82) is 0 Å². The third kappa shape index (κ3) is 6.10. The van der Waals surface area contributed by atoms with Crippen molar-refractivity contribution in [3.63, 3.8) is 0 Å². The molecule has 1 aliphatic heterocycles. The highest BCUT2D eigenvalue weighted by Gasteiger charge is 2.18. The van der Waals surface area contributed by atoms with Gasteiger partial charge in [0, 0.05) is 37.9 Å². The summed E-state index contributed by atoms with van der Waals surface area (Å²) in [6, 6.07) is 11.7. The van der Waals surface area contributed by atoms with Gasteiger partial charge >= 0.3 is 0 Å². The van der Waals surface area contributed by atoms with Crippen LogP contribution in [0.25, 0.3) is 6.08 Å². The smallest absolute Gasteiger partial charge is 0.246 e. The Morgan fingerprint density at radius 2 is 1.84 bits per heavy atom. The van der Waals surface area contributed by atoms with E-state index in [4.69, 9.17) is 25.8 Å². The molecule has 1 fully saturated rings. The summed E-state index contributed by atoms with van der Waals surface area (Å²) in [5.41, 5.74) is 1.93. The number of benzene rings is 2. The Balaban J connectivity index is 1.63. The minimum Gasteiger partial charge on any atom is -0.497 e. The Morgan fingerprint density at radius 1 is 1.06 bits per heavy atom. The molecular weight excluding hydrogens is 428 g/mol. The van der Waals surface area contributed by atoms with E-state index in [1.54, 1.807) is 32.4 Å². The van der Waals surface area contributed by atoms with Gasteiger partial charge < -0.3 is 24.0 Å². The molecule has 6 nitrogen and oxygen atoms in total. The molecule has 3 rings (SSSR count). The normalized spacial score (nSPS) is 14.4. The minimum atomic E-state index is -0.0111. The van der Waals surface area contributed by atoms with Crippen LogP contribution >= 0.6 is 11.6 Å². The zero-order valence-electron chi connectivity index (χ0n) is 19.0. The van der Waals surface area contributed by atoms with Gasteiger partial charge in [-0.1, -0.05) is 18.5 Å². The van der Waals surface area contributed by atoms with Gasteiger partial charge in [0.25, 0.3) is 0 Å². The van der Waals surface area contributed by atoms with Crippen LogP contribution in [0.3, 0.4) is 0 Å². The molecular formula is C25H31ClN2O4. The van der Waals surface area contributed by atoms with E-state index in [1.165, 1.54) is 0 Å². The van der Waals surface area contributed by atoms with Crippen molar-refractivity contribution in [2.24, 2.45) is 0 Å². The highest BCUT2D eigenvalue weighted by molar-refractivity contribution is 6.32. The Bertz CT molecular complexity index is 930. The van der Waals surface area contributed by atoms with Crippen LogP contribution in [-0.4, -0.2) is 57.8 Å². The molecule has 0 unspecified atom stereocenters. The van der Waals surface area contributed by atoms with E-state index >= 15 is 0 Å². The lowest BCUT2D eigenvalue weighted by Crippen LogP contribution is -2.34. The summed E-state index contributed by atoms with van der Waals surface area (Å²) in [5.74, 6) is 1.92. The van der Waals surface area contributed by atoms with Gasteiger partial charge in [0.1, 0.15) is 5.75 Å². The number of hydrogen-bond donors (Lipinski definition) is 0. The van der Waals surface area contributed by atoms with Gasteiger partial charge in [-0.05, 0) is 60.9 Å². The highest BCUT2D eigenvalue weighted by Crippen LogP contribution is 2.37. The second-order valence-corrected chi connectivity index (χ2v) is 7.99. The molecule has 0 radical (unpaired) electrons. The van der Waals surface area contributed by atoms with Crippen molar-refractivity contribution >= 4 is 29.3 Å². The van der Waals surface area contributed by atoms with Gasteiger partial charge in [-0.25, -0.2) is 0 Å². The third-order valence-corrected chi connectivity index (χ3v) is 5.65. The first kappa shape index (κ1) is 23.8. The predicted octanol–water partition coefficient (Wildman–Crippen LogP) is 4.90. The van der Waals surface area contributed by atoms with Crippen molar-refractivity contribution in [3.8, 4) is 17.2 Å². The van der Waals surface area contributed by atoms with Crippen molar-refractivity contribution in [2.45, 2.75) is 19.8 Å². The summed E-state index contributed by atoms with van der Waals surface area (Å²) < 4.78 is 16.3. The number of anilines is 1. The average molecular weight is 459 g/mol. The number of hydrogen-bond acceptors (Lipinski definition) is 5. The number of carbonyl (C=O) groups is 1. The molecule has 0 spiro atoms. The Labute approximate surface area is 195 Å². The number of nitrogens with zero attached hydrogens (tertiary/aromatic N) is 2. The molecule has 32 heavy (non-hydrogen) atoms. The molecule has 0 bridgehead atoms. The maximum absolute atomic E-state index is 12.8. The average Bonchev–Trinajstić information content (AvgIpc) is 3.08. The number of carbonyl (C=O) groups excluding carboxylic acids is 1. The van der Waals surface area contributed by atoms with Gasteiger partial charge in [-0.2, -0.15) is 0 Å². The minimum absolute atomic E-state index is 0.0111. The molecule has 1 aliphatic rings. The molecule has 1 saturated heterocycles. The van der Waals surface area contributed by atoms with E-state index in [0.717, 1.165) is 49.5 Å². The fraction of sp³-hybridized carbons (Fsp3) is 0.400. The molecule has 1 heterocycles. The first-order valence-corrected chi connectivity index (χ1v) is 11.3. The molecule has 0 N–H and O–H groups in total. The zero-order valence-corrected chi connectivity index (χ0v) is 19.7. The summed E-state index contributed by atoms with van der Waals surface area (Å²) in [5, 5.41) is 0.467. The van der Waals surface area contributed by atoms with E-state index < -0.39 is 0 Å². The summed E-state index contributed by atoms with van der Waals surface area (Å²) in [6.45, 7) is 5.68. The summed E-state index contributed by atoms with van der Waals surface area (Å²) in [4.78, 5) is 17.0. The molecule has 1 amide bonds. The lowest BCUT2D eigenvalue weighted by molar-refractivity contribution is -0.125. The quantitative estimate of drug-likeness (QED) is 0.527. The van der Waals surface area contributed by atoms with Crippen LogP contribution in [0.15, 0.2) is 42.5 Å². The summed E-state index contributed by atoms with van der Waals surface area (Å²) in [7, 11) is 3.24. The van der Waals surface area contributed by atoms with E-state index in [2.05, 4.69) is 17.0 Å². The Hall–Kier alpha value is -2.86. The molecule has 0 atom stereocenters. The number of ether oxygens (including phenoxy) is 3. The lowest BCUT2D eigenvalue weighted by atomic mass is 10.1. The van der Waals surface area contributed by atoms with Crippen molar-refractivity contribution in [1.82, 2.24) is 4.90 Å². The molecule has 7 heteroatoms. The number of methoxy groups -OCH3 is 2. The first-order valence-electron chi connectivity index (χ1n) is 10.9. The SMILES string of the molecule is CCCOc1c(Cl)cc(/C=C/C(=O)N2CCCN(c3ccc(OC)cc3)CC2)cc1OC. The fourth-order valence-electron chi connectivity index (χ4n) is 3.64. The number of halogens is 1. The van der Waals surface area contributed by atoms with E-state index in [-0.39, 0.29) is 5.91 Å². The predicted molar refractivity (Wildman–Crippen MR) is 129 cm³/mol. The van der Waals surface area contributed by atoms with Gasteiger partial charge in [-0.15, -0.1) is 0 Å². The van der Waals surface area contributed by atoms with Crippen molar-refractivity contribution in [2.75, 3.05) is 51.9 Å². The van der Waals surface area contributed by atoms with Gasteiger partial charge in [0.15, 0.2) is 11.5 Å². The van der Waals surface area contributed by atoms with Crippen molar-refractivity contribution in [3.05, 3.63) is 53.1 Å². The Morgan fingerprint density at radius 3 is 2.53 bits per heavy atom. The number of amides is 1. The maximum atomic E-state index is 12.8. The van der Waals surface area contributed by atoms with Crippen LogP contribution in [0.2, 0.25) is 5.02 Å². The maximum Gasteiger partial charge on any atom is 0.246 e. The van der Waals surface area contributed by atoms with Crippen molar-refractivity contribution < 1.29 is 19.0 Å². The van der Waals surface area contributed by atoms with Crippen LogP contribution in [0.1, 0.15) is 25.3 Å².